The summed E-state index contributed by atoms with van der Waals surface area (Å²) in [6, 6.07) is 19.3. The Hall–Kier alpha value is -3.12. The van der Waals surface area contributed by atoms with Gasteiger partial charge in [0.2, 0.25) is 0 Å². The second-order valence-corrected chi connectivity index (χ2v) is 6.12. The molecule has 0 bridgehead atoms. The zero-order chi connectivity index (χ0) is 17.9. The number of hydrogen-bond acceptors (Lipinski definition) is 4. The van der Waals surface area contributed by atoms with Crippen molar-refractivity contribution in [2.45, 2.75) is 0 Å². The zero-order valence-electron chi connectivity index (χ0n) is 14.2. The van der Waals surface area contributed by atoms with Gasteiger partial charge in [0, 0.05) is 24.3 Å². The highest BCUT2D eigenvalue weighted by molar-refractivity contribution is 5.87. The molecule has 0 atom stereocenters. The SMILES string of the molecule is O=C(O)c1cc(-c2cccc(N3CCOCC3)c2)n(-c2ccccc2)n1. The van der Waals surface area contributed by atoms with E-state index in [1.165, 1.54) is 0 Å². The van der Waals surface area contributed by atoms with Gasteiger partial charge < -0.3 is 14.7 Å². The maximum absolute atomic E-state index is 11.4. The minimum absolute atomic E-state index is 0.0284. The van der Waals surface area contributed by atoms with Crippen molar-refractivity contribution < 1.29 is 14.6 Å². The summed E-state index contributed by atoms with van der Waals surface area (Å²) in [4.78, 5) is 13.7. The first-order valence-electron chi connectivity index (χ1n) is 8.54. The summed E-state index contributed by atoms with van der Waals surface area (Å²) in [5.74, 6) is -1.04. The lowest BCUT2D eigenvalue weighted by Crippen LogP contribution is -2.36. The minimum atomic E-state index is -1.04. The number of para-hydroxylation sites is 1. The predicted octanol–water partition coefficient (Wildman–Crippen LogP) is 3.07. The van der Waals surface area contributed by atoms with Crippen molar-refractivity contribution in [3.63, 3.8) is 0 Å². The van der Waals surface area contributed by atoms with E-state index in [0.29, 0.717) is 0 Å². The molecule has 2 aromatic carbocycles. The molecule has 132 valence electrons. The van der Waals surface area contributed by atoms with Crippen LogP contribution in [0.5, 0.6) is 0 Å². The number of hydrogen-bond donors (Lipinski definition) is 1. The molecule has 6 nitrogen and oxygen atoms in total. The quantitative estimate of drug-likeness (QED) is 0.784. The Labute approximate surface area is 151 Å². The fourth-order valence-corrected chi connectivity index (χ4v) is 3.14. The zero-order valence-corrected chi connectivity index (χ0v) is 14.2. The first kappa shape index (κ1) is 16.4. The van der Waals surface area contributed by atoms with Gasteiger partial charge in [0.25, 0.3) is 0 Å². The molecular weight excluding hydrogens is 330 g/mol. The highest BCUT2D eigenvalue weighted by atomic mass is 16.5. The number of nitrogens with zero attached hydrogens (tertiary/aromatic N) is 3. The van der Waals surface area contributed by atoms with Crippen LogP contribution in [0.2, 0.25) is 0 Å². The normalized spacial score (nSPS) is 14.4. The van der Waals surface area contributed by atoms with Crippen LogP contribution in [0.15, 0.2) is 60.7 Å². The van der Waals surface area contributed by atoms with Gasteiger partial charge in [0.1, 0.15) is 0 Å². The van der Waals surface area contributed by atoms with Crippen LogP contribution in [0.3, 0.4) is 0 Å². The molecule has 0 amide bonds. The number of carbonyl (C=O) groups is 1. The number of carboxylic acid groups (broad SMARTS) is 1. The molecule has 0 spiro atoms. The van der Waals surface area contributed by atoms with Crippen molar-refractivity contribution >= 4 is 11.7 Å². The fraction of sp³-hybridized carbons (Fsp3) is 0.200. The molecule has 0 unspecified atom stereocenters. The van der Waals surface area contributed by atoms with Gasteiger partial charge >= 0.3 is 5.97 Å². The highest BCUT2D eigenvalue weighted by Crippen LogP contribution is 2.28. The largest absolute Gasteiger partial charge is 0.476 e. The Morgan fingerprint density at radius 2 is 1.69 bits per heavy atom. The van der Waals surface area contributed by atoms with Gasteiger partial charge in [-0.25, -0.2) is 9.48 Å². The minimum Gasteiger partial charge on any atom is -0.476 e. The first-order chi connectivity index (χ1) is 12.7. The lowest BCUT2D eigenvalue weighted by molar-refractivity contribution is 0.0690. The highest BCUT2D eigenvalue weighted by Gasteiger charge is 2.17. The molecule has 0 radical (unpaired) electrons. The Kier molecular flexibility index (Phi) is 4.41. The summed E-state index contributed by atoms with van der Waals surface area (Å²) in [5.41, 5.74) is 3.64. The monoisotopic (exact) mass is 349 g/mol. The standard InChI is InChI=1S/C20H19N3O3/c24-20(25)18-14-19(23(21-18)16-6-2-1-3-7-16)15-5-4-8-17(13-15)22-9-11-26-12-10-22/h1-8,13-14H,9-12H2,(H,24,25). The van der Waals surface area contributed by atoms with Crippen LogP contribution in [-0.4, -0.2) is 47.2 Å². The maximum Gasteiger partial charge on any atom is 0.356 e. The third-order valence-corrected chi connectivity index (χ3v) is 4.45. The van der Waals surface area contributed by atoms with E-state index in [1.807, 2.05) is 42.5 Å². The molecule has 6 heteroatoms. The van der Waals surface area contributed by atoms with E-state index in [4.69, 9.17) is 4.74 Å². The van der Waals surface area contributed by atoms with E-state index in [0.717, 1.165) is 48.9 Å². The predicted molar refractivity (Wildman–Crippen MR) is 99.0 cm³/mol. The van der Waals surface area contributed by atoms with E-state index in [1.54, 1.807) is 10.7 Å². The average molecular weight is 349 g/mol. The number of rotatable bonds is 4. The van der Waals surface area contributed by atoms with Crippen molar-refractivity contribution in [3.05, 3.63) is 66.4 Å². The number of ether oxygens (including phenoxy) is 1. The Morgan fingerprint density at radius 3 is 2.42 bits per heavy atom. The Balaban J connectivity index is 1.78. The summed E-state index contributed by atoms with van der Waals surface area (Å²) >= 11 is 0. The molecule has 2 heterocycles. The summed E-state index contributed by atoms with van der Waals surface area (Å²) in [7, 11) is 0. The van der Waals surface area contributed by atoms with Gasteiger partial charge in [-0.2, -0.15) is 5.10 Å². The molecule has 1 saturated heterocycles. The van der Waals surface area contributed by atoms with Crippen LogP contribution >= 0.6 is 0 Å². The maximum atomic E-state index is 11.4. The Bertz CT molecular complexity index is 915. The summed E-state index contributed by atoms with van der Waals surface area (Å²) in [5, 5.41) is 13.7. The molecule has 1 aliphatic heterocycles. The number of aromatic nitrogens is 2. The van der Waals surface area contributed by atoms with Crippen LogP contribution in [0.25, 0.3) is 16.9 Å². The molecule has 1 N–H and O–H groups in total. The summed E-state index contributed by atoms with van der Waals surface area (Å²) < 4.78 is 7.10. The average Bonchev–Trinajstić information content (AvgIpc) is 3.15. The third-order valence-electron chi connectivity index (χ3n) is 4.45. The molecule has 26 heavy (non-hydrogen) atoms. The van der Waals surface area contributed by atoms with Crippen LogP contribution in [0, 0.1) is 0 Å². The molecule has 3 aromatic rings. The lowest BCUT2D eigenvalue weighted by Gasteiger charge is -2.29. The van der Waals surface area contributed by atoms with E-state index in [-0.39, 0.29) is 5.69 Å². The van der Waals surface area contributed by atoms with E-state index < -0.39 is 5.97 Å². The molecule has 4 rings (SSSR count). The van der Waals surface area contributed by atoms with Crippen molar-refractivity contribution in [2.75, 3.05) is 31.2 Å². The summed E-state index contributed by atoms with van der Waals surface area (Å²) in [6.45, 7) is 3.13. The topological polar surface area (TPSA) is 67.6 Å². The van der Waals surface area contributed by atoms with E-state index in [9.17, 15) is 9.90 Å². The van der Waals surface area contributed by atoms with Gasteiger partial charge in [0.15, 0.2) is 5.69 Å². The Morgan fingerprint density at radius 1 is 0.962 bits per heavy atom. The molecule has 1 aromatic heterocycles. The number of morpholine rings is 1. The van der Waals surface area contributed by atoms with Crippen LogP contribution in [0.4, 0.5) is 5.69 Å². The van der Waals surface area contributed by atoms with Gasteiger partial charge in [-0.05, 0) is 30.3 Å². The number of aromatic carboxylic acids is 1. The second kappa shape index (κ2) is 7.01. The number of carboxylic acids is 1. The van der Waals surface area contributed by atoms with E-state index >= 15 is 0 Å². The molecule has 1 fully saturated rings. The number of benzene rings is 2. The van der Waals surface area contributed by atoms with Crippen molar-refractivity contribution in [1.82, 2.24) is 9.78 Å². The van der Waals surface area contributed by atoms with E-state index in [2.05, 4.69) is 22.1 Å². The van der Waals surface area contributed by atoms with Crippen molar-refractivity contribution in [2.24, 2.45) is 0 Å². The van der Waals surface area contributed by atoms with Crippen LogP contribution in [-0.2, 0) is 4.74 Å². The van der Waals surface area contributed by atoms with Gasteiger partial charge in [-0.1, -0.05) is 30.3 Å². The number of anilines is 1. The summed E-state index contributed by atoms with van der Waals surface area (Å²) in [6.07, 6.45) is 0. The lowest BCUT2D eigenvalue weighted by atomic mass is 10.1. The molecule has 1 aliphatic rings. The van der Waals surface area contributed by atoms with Crippen molar-refractivity contribution in [3.8, 4) is 16.9 Å². The van der Waals surface area contributed by atoms with Crippen molar-refractivity contribution in [1.29, 1.82) is 0 Å². The van der Waals surface area contributed by atoms with Crippen LogP contribution < -0.4 is 4.90 Å². The van der Waals surface area contributed by atoms with Gasteiger partial charge in [-0.15, -0.1) is 0 Å². The second-order valence-electron chi connectivity index (χ2n) is 6.12. The molecule has 0 aliphatic carbocycles. The van der Waals surface area contributed by atoms with Crippen LogP contribution in [0.1, 0.15) is 10.5 Å². The first-order valence-corrected chi connectivity index (χ1v) is 8.54. The third kappa shape index (κ3) is 3.19. The molecular formula is C20H19N3O3. The molecule has 0 saturated carbocycles. The van der Waals surface area contributed by atoms with Gasteiger partial charge in [-0.3, -0.25) is 0 Å². The fourth-order valence-electron chi connectivity index (χ4n) is 3.14. The van der Waals surface area contributed by atoms with Gasteiger partial charge in [0.05, 0.1) is 24.6 Å². The smallest absolute Gasteiger partial charge is 0.356 e.